The molecule has 0 fully saturated rings. The predicted octanol–water partition coefficient (Wildman–Crippen LogP) is 15.1. The van der Waals surface area contributed by atoms with E-state index < -0.39 is 0 Å². The minimum absolute atomic E-state index is 0.0440. The summed E-state index contributed by atoms with van der Waals surface area (Å²) < 4.78 is 0. The fourth-order valence-electron chi connectivity index (χ4n) is 7.59. The van der Waals surface area contributed by atoms with Crippen LogP contribution in [-0.2, 0) is 14.4 Å². The highest BCUT2D eigenvalue weighted by Gasteiger charge is 2.06. The SMILES string of the molecule is CCCCCCCCCC(=O)Nc1ccc(C#Cc2cc(C#Cc3ccc(NC(=O)CCCCCCCCC)cc3)cc(C#Cc3ccc(NC(=O)CCCCCCCCC)cc3)c2)cc1. The standard InChI is InChI=1S/C60H75N3O3/c1-4-7-10-13-16-19-22-25-58(64)61-55-40-34-49(35-41-55)28-31-52-46-53(32-29-50-36-42-56(43-37-50)62-59(65)26-23-20-17-14-11-8-5-2)48-54(47-52)33-30-51-38-44-57(45-39-51)63-60(66)27-24-21-18-15-12-9-6-3/h34-48H,4-27H2,1-3H3,(H,61,64)(H,62,65)(H,63,66). The largest absolute Gasteiger partial charge is 0.326 e. The van der Waals surface area contributed by atoms with Gasteiger partial charge in [0.05, 0.1) is 0 Å². The Morgan fingerprint density at radius 2 is 0.515 bits per heavy atom. The van der Waals surface area contributed by atoms with Crippen molar-refractivity contribution in [3.63, 3.8) is 0 Å². The van der Waals surface area contributed by atoms with Crippen molar-refractivity contribution in [1.82, 2.24) is 0 Å². The van der Waals surface area contributed by atoms with Crippen LogP contribution in [-0.4, -0.2) is 17.7 Å². The number of anilines is 3. The summed E-state index contributed by atoms with van der Waals surface area (Å²) in [6.07, 6.45) is 26.3. The molecule has 4 aromatic carbocycles. The summed E-state index contributed by atoms with van der Waals surface area (Å²) in [6.45, 7) is 6.67. The lowest BCUT2D eigenvalue weighted by Gasteiger charge is -2.05. The molecule has 0 aliphatic heterocycles. The van der Waals surface area contributed by atoms with E-state index in [0.29, 0.717) is 19.3 Å². The van der Waals surface area contributed by atoms with Gasteiger partial charge in [0.25, 0.3) is 0 Å². The fraction of sp³-hybridized carbons (Fsp3) is 0.450. The highest BCUT2D eigenvalue weighted by atomic mass is 16.2. The summed E-state index contributed by atoms with van der Waals surface area (Å²) in [4.78, 5) is 37.6. The highest BCUT2D eigenvalue weighted by Crippen LogP contribution is 2.17. The average molecular weight is 886 g/mol. The Morgan fingerprint density at radius 1 is 0.303 bits per heavy atom. The van der Waals surface area contributed by atoms with Crippen molar-refractivity contribution >= 4 is 34.8 Å². The van der Waals surface area contributed by atoms with Crippen molar-refractivity contribution in [2.75, 3.05) is 16.0 Å². The molecule has 0 aromatic heterocycles. The van der Waals surface area contributed by atoms with Crippen molar-refractivity contribution in [3.05, 3.63) is 124 Å². The lowest BCUT2D eigenvalue weighted by molar-refractivity contribution is -0.117. The molecule has 0 heterocycles. The summed E-state index contributed by atoms with van der Waals surface area (Å²) >= 11 is 0. The molecule has 0 unspecified atom stereocenters. The van der Waals surface area contributed by atoms with Gasteiger partial charge in [-0.25, -0.2) is 0 Å². The van der Waals surface area contributed by atoms with Crippen LogP contribution >= 0.6 is 0 Å². The molecule has 348 valence electrons. The molecule has 4 aromatic rings. The average Bonchev–Trinajstić information content (AvgIpc) is 3.32. The Bertz CT molecular complexity index is 1970. The Kier molecular flexibility index (Phi) is 26.0. The predicted molar refractivity (Wildman–Crippen MR) is 277 cm³/mol. The van der Waals surface area contributed by atoms with Gasteiger partial charge in [0.15, 0.2) is 0 Å². The van der Waals surface area contributed by atoms with Crippen LogP contribution in [0.25, 0.3) is 0 Å². The summed E-state index contributed by atoms with van der Waals surface area (Å²) in [7, 11) is 0. The molecule has 0 aliphatic rings. The lowest BCUT2D eigenvalue weighted by Crippen LogP contribution is -2.10. The van der Waals surface area contributed by atoms with Gasteiger partial charge in [-0.3, -0.25) is 14.4 Å². The molecule has 3 N–H and O–H groups in total. The van der Waals surface area contributed by atoms with E-state index >= 15 is 0 Å². The normalized spacial score (nSPS) is 10.4. The summed E-state index contributed by atoms with van der Waals surface area (Å²) in [6, 6.07) is 28.8. The zero-order valence-corrected chi connectivity index (χ0v) is 40.4. The first-order chi connectivity index (χ1) is 32.3. The highest BCUT2D eigenvalue weighted by molar-refractivity contribution is 5.91. The first-order valence-corrected chi connectivity index (χ1v) is 25.2. The summed E-state index contributed by atoms with van der Waals surface area (Å²) in [5.41, 5.74) is 7.10. The van der Waals surface area contributed by atoms with Crippen LogP contribution in [0.4, 0.5) is 17.1 Å². The van der Waals surface area contributed by atoms with Gasteiger partial charge in [0.2, 0.25) is 17.7 Å². The number of rotatable bonds is 27. The molecule has 0 saturated heterocycles. The van der Waals surface area contributed by atoms with E-state index in [4.69, 9.17) is 0 Å². The molecular formula is C60H75N3O3. The van der Waals surface area contributed by atoms with Crippen LogP contribution in [0.15, 0.2) is 91.0 Å². The van der Waals surface area contributed by atoms with E-state index in [1.807, 2.05) is 91.0 Å². The zero-order chi connectivity index (χ0) is 46.9. The molecule has 0 aliphatic carbocycles. The smallest absolute Gasteiger partial charge is 0.224 e. The number of hydrogen-bond acceptors (Lipinski definition) is 3. The van der Waals surface area contributed by atoms with Crippen LogP contribution in [0.1, 0.15) is 208 Å². The van der Waals surface area contributed by atoms with E-state index in [1.54, 1.807) is 0 Å². The number of carbonyl (C=O) groups excluding carboxylic acids is 3. The Morgan fingerprint density at radius 3 is 0.758 bits per heavy atom. The molecule has 0 radical (unpaired) electrons. The number of nitrogens with one attached hydrogen (secondary N) is 3. The maximum absolute atomic E-state index is 12.5. The molecule has 4 rings (SSSR count). The zero-order valence-electron chi connectivity index (χ0n) is 40.4. The van der Waals surface area contributed by atoms with E-state index in [-0.39, 0.29) is 17.7 Å². The van der Waals surface area contributed by atoms with Crippen molar-refractivity contribution in [2.24, 2.45) is 0 Å². The molecule has 6 nitrogen and oxygen atoms in total. The van der Waals surface area contributed by atoms with Gasteiger partial charge in [-0.15, -0.1) is 0 Å². The second-order valence-corrected chi connectivity index (χ2v) is 17.5. The van der Waals surface area contributed by atoms with Gasteiger partial charge < -0.3 is 16.0 Å². The lowest BCUT2D eigenvalue weighted by atomic mass is 10.0. The third kappa shape index (κ3) is 23.2. The Balaban J connectivity index is 1.41. The van der Waals surface area contributed by atoms with Crippen LogP contribution in [0.2, 0.25) is 0 Å². The maximum atomic E-state index is 12.5. The maximum Gasteiger partial charge on any atom is 0.224 e. The molecule has 6 heteroatoms. The number of amides is 3. The molecule has 0 atom stereocenters. The van der Waals surface area contributed by atoms with E-state index in [9.17, 15) is 14.4 Å². The molecular weight excluding hydrogens is 811 g/mol. The monoisotopic (exact) mass is 886 g/mol. The van der Waals surface area contributed by atoms with E-state index in [1.165, 1.54) is 96.3 Å². The van der Waals surface area contributed by atoms with Gasteiger partial charge in [-0.05, 0) is 110 Å². The van der Waals surface area contributed by atoms with Crippen molar-refractivity contribution in [2.45, 2.75) is 175 Å². The number of carbonyl (C=O) groups is 3. The second kappa shape index (κ2) is 32.6. The number of unbranched alkanes of at least 4 members (excludes halogenated alkanes) is 18. The van der Waals surface area contributed by atoms with Crippen molar-refractivity contribution in [1.29, 1.82) is 0 Å². The van der Waals surface area contributed by atoms with Crippen LogP contribution < -0.4 is 16.0 Å². The number of benzene rings is 4. The third-order valence-electron chi connectivity index (χ3n) is 11.5. The Labute approximate surface area is 398 Å². The molecule has 3 amide bonds. The minimum atomic E-state index is 0.0440. The molecule has 0 bridgehead atoms. The van der Waals surface area contributed by atoms with Crippen LogP contribution in [0.5, 0.6) is 0 Å². The van der Waals surface area contributed by atoms with E-state index in [2.05, 4.69) is 72.2 Å². The first kappa shape index (κ1) is 52.6. The van der Waals surface area contributed by atoms with E-state index in [0.717, 1.165) is 89.0 Å². The molecule has 0 spiro atoms. The van der Waals surface area contributed by atoms with Crippen molar-refractivity contribution < 1.29 is 14.4 Å². The molecule has 66 heavy (non-hydrogen) atoms. The van der Waals surface area contributed by atoms with Gasteiger partial charge >= 0.3 is 0 Å². The topological polar surface area (TPSA) is 87.3 Å². The van der Waals surface area contributed by atoms with Crippen LogP contribution in [0.3, 0.4) is 0 Å². The van der Waals surface area contributed by atoms with Gasteiger partial charge in [-0.2, -0.15) is 0 Å². The van der Waals surface area contributed by atoms with Crippen molar-refractivity contribution in [3.8, 4) is 35.5 Å². The fourth-order valence-corrected chi connectivity index (χ4v) is 7.59. The second-order valence-electron chi connectivity index (χ2n) is 17.5. The van der Waals surface area contributed by atoms with Crippen LogP contribution in [0, 0.1) is 35.5 Å². The number of hydrogen-bond donors (Lipinski definition) is 3. The van der Waals surface area contributed by atoms with Gasteiger partial charge in [0, 0.05) is 69.7 Å². The molecule has 0 saturated carbocycles. The first-order valence-electron chi connectivity index (χ1n) is 25.2. The summed E-state index contributed by atoms with van der Waals surface area (Å²) in [5, 5.41) is 9.07. The van der Waals surface area contributed by atoms with Gasteiger partial charge in [0.1, 0.15) is 0 Å². The van der Waals surface area contributed by atoms with Gasteiger partial charge in [-0.1, -0.05) is 172 Å². The minimum Gasteiger partial charge on any atom is -0.326 e. The quantitative estimate of drug-likeness (QED) is 0.0412. The third-order valence-corrected chi connectivity index (χ3v) is 11.5. The Hall–Kier alpha value is -6.03. The summed E-state index contributed by atoms with van der Waals surface area (Å²) in [5.74, 6) is 19.9.